The number of nitrogens with one attached hydrogen (secondary N) is 2. The van der Waals surface area contributed by atoms with Crippen LogP contribution in [0.5, 0.6) is 5.75 Å². The lowest BCUT2D eigenvalue weighted by molar-refractivity contribution is -0.137. The molecule has 0 radical (unpaired) electrons. The Bertz CT molecular complexity index is 922. The van der Waals surface area contributed by atoms with E-state index in [0.717, 1.165) is 11.6 Å². The van der Waals surface area contributed by atoms with E-state index in [1.54, 1.807) is 17.8 Å². The van der Waals surface area contributed by atoms with Crippen LogP contribution < -0.4 is 15.4 Å². The molecular weight excluding hydrogens is 337 g/mol. The molecule has 0 atom stereocenters. The molecule has 2 heterocycles. The van der Waals surface area contributed by atoms with Crippen molar-refractivity contribution in [2.24, 2.45) is 7.05 Å². The van der Waals surface area contributed by atoms with Crippen LogP contribution in [0.1, 0.15) is 5.56 Å². The van der Waals surface area contributed by atoms with E-state index in [2.05, 4.69) is 25.7 Å². The van der Waals surface area contributed by atoms with Crippen LogP contribution in [0.3, 0.4) is 0 Å². The van der Waals surface area contributed by atoms with E-state index in [4.69, 9.17) is 4.74 Å². The zero-order valence-corrected chi connectivity index (χ0v) is 13.6. The van der Waals surface area contributed by atoms with Gasteiger partial charge in [-0.05, 0) is 12.1 Å². The first-order valence-electron chi connectivity index (χ1n) is 7.23. The summed E-state index contributed by atoms with van der Waals surface area (Å²) in [6.45, 7) is 0. The molecule has 0 aliphatic rings. The molecule has 0 saturated carbocycles. The SMILES string of the molecule is CNc1nc(Nc2ccc3cn(C)nc3c2OC)ncc1C(F)(F)F. The predicted octanol–water partition coefficient (Wildman–Crippen LogP) is 3.18. The lowest BCUT2D eigenvalue weighted by atomic mass is 10.2. The van der Waals surface area contributed by atoms with Crippen molar-refractivity contribution in [1.82, 2.24) is 19.7 Å². The first kappa shape index (κ1) is 16.8. The first-order valence-corrected chi connectivity index (χ1v) is 7.23. The van der Waals surface area contributed by atoms with Gasteiger partial charge in [0.1, 0.15) is 16.9 Å². The number of aryl methyl sites for hydroxylation is 1. The number of hydrogen-bond acceptors (Lipinski definition) is 6. The molecule has 3 aromatic rings. The minimum absolute atomic E-state index is 0.00549. The summed E-state index contributed by atoms with van der Waals surface area (Å²) >= 11 is 0. The number of hydrogen-bond donors (Lipinski definition) is 2. The van der Waals surface area contributed by atoms with Gasteiger partial charge in [-0.25, -0.2) is 4.98 Å². The number of ether oxygens (including phenoxy) is 1. The van der Waals surface area contributed by atoms with Crippen LogP contribution in [0.25, 0.3) is 10.9 Å². The van der Waals surface area contributed by atoms with Crippen molar-refractivity contribution in [3.05, 3.63) is 30.1 Å². The third-order valence-corrected chi connectivity index (χ3v) is 3.53. The molecule has 0 amide bonds. The second kappa shape index (κ2) is 6.11. The van der Waals surface area contributed by atoms with E-state index >= 15 is 0 Å². The standard InChI is InChI=1S/C15H15F3N6O/c1-19-13-9(15(16,17)18)6-20-14(22-13)21-10-5-4-8-7-24(2)23-11(8)12(10)25-3/h4-7H,1-3H3,(H2,19,20,21,22). The van der Waals surface area contributed by atoms with Gasteiger partial charge in [-0.2, -0.15) is 23.3 Å². The largest absolute Gasteiger partial charge is 0.492 e. The molecule has 0 bridgehead atoms. The van der Waals surface area contributed by atoms with Crippen LogP contribution in [-0.4, -0.2) is 33.9 Å². The third kappa shape index (κ3) is 3.14. The van der Waals surface area contributed by atoms with Crippen molar-refractivity contribution in [1.29, 1.82) is 0 Å². The van der Waals surface area contributed by atoms with Gasteiger partial charge in [0.05, 0.1) is 12.8 Å². The number of benzene rings is 1. The smallest absolute Gasteiger partial charge is 0.421 e. The molecule has 25 heavy (non-hydrogen) atoms. The zero-order chi connectivity index (χ0) is 18.2. The summed E-state index contributed by atoms with van der Waals surface area (Å²) in [4.78, 5) is 7.63. The topological polar surface area (TPSA) is 76.9 Å². The number of rotatable bonds is 4. The van der Waals surface area contributed by atoms with Gasteiger partial charge in [-0.15, -0.1) is 0 Å². The zero-order valence-electron chi connectivity index (χ0n) is 13.6. The molecule has 0 unspecified atom stereocenters. The average molecular weight is 352 g/mol. The summed E-state index contributed by atoms with van der Waals surface area (Å²) < 4.78 is 45.8. The number of alkyl halides is 3. The second-order valence-electron chi connectivity index (χ2n) is 5.22. The molecule has 132 valence electrons. The highest BCUT2D eigenvalue weighted by atomic mass is 19.4. The van der Waals surface area contributed by atoms with E-state index in [1.807, 2.05) is 12.3 Å². The Morgan fingerprint density at radius 2 is 2.00 bits per heavy atom. The molecule has 0 aliphatic heterocycles. The molecule has 1 aromatic carbocycles. The summed E-state index contributed by atoms with van der Waals surface area (Å²) in [5, 5.41) is 10.5. The van der Waals surface area contributed by atoms with Crippen molar-refractivity contribution >= 4 is 28.4 Å². The number of aromatic nitrogens is 4. The molecule has 7 nitrogen and oxygen atoms in total. The maximum Gasteiger partial charge on any atom is 0.421 e. The van der Waals surface area contributed by atoms with E-state index in [0.29, 0.717) is 17.0 Å². The highest BCUT2D eigenvalue weighted by Gasteiger charge is 2.35. The van der Waals surface area contributed by atoms with Gasteiger partial charge >= 0.3 is 6.18 Å². The lowest BCUT2D eigenvalue weighted by Crippen LogP contribution is -2.12. The highest BCUT2D eigenvalue weighted by Crippen LogP contribution is 2.36. The number of nitrogens with zero attached hydrogens (tertiary/aromatic N) is 4. The number of anilines is 3. The molecule has 3 rings (SSSR count). The van der Waals surface area contributed by atoms with E-state index in [-0.39, 0.29) is 11.8 Å². The summed E-state index contributed by atoms with van der Waals surface area (Å²) in [6, 6.07) is 3.54. The second-order valence-corrected chi connectivity index (χ2v) is 5.22. The quantitative estimate of drug-likeness (QED) is 0.751. The predicted molar refractivity (Wildman–Crippen MR) is 87.1 cm³/mol. The normalized spacial score (nSPS) is 11.6. The Labute approximate surface area is 140 Å². The van der Waals surface area contributed by atoms with Crippen LogP contribution in [0.4, 0.5) is 30.6 Å². The van der Waals surface area contributed by atoms with Crippen molar-refractivity contribution < 1.29 is 17.9 Å². The first-order chi connectivity index (χ1) is 11.8. The van der Waals surface area contributed by atoms with Crippen molar-refractivity contribution in [2.45, 2.75) is 6.18 Å². The lowest BCUT2D eigenvalue weighted by Gasteiger charge is -2.14. The monoisotopic (exact) mass is 352 g/mol. The summed E-state index contributed by atoms with van der Waals surface area (Å²) in [6.07, 6.45) is -1.98. The van der Waals surface area contributed by atoms with Crippen molar-refractivity contribution in [3.63, 3.8) is 0 Å². The van der Waals surface area contributed by atoms with Crippen LogP contribution in [0, 0.1) is 0 Å². The molecule has 10 heteroatoms. The van der Waals surface area contributed by atoms with Gasteiger partial charge in [0.15, 0.2) is 5.75 Å². The minimum Gasteiger partial charge on any atom is -0.492 e. The van der Waals surface area contributed by atoms with Crippen LogP contribution in [-0.2, 0) is 13.2 Å². The Hall–Kier alpha value is -3.04. The maximum atomic E-state index is 12.9. The third-order valence-electron chi connectivity index (χ3n) is 3.53. The van der Waals surface area contributed by atoms with Gasteiger partial charge in [0.25, 0.3) is 0 Å². The van der Waals surface area contributed by atoms with Gasteiger partial charge in [0.2, 0.25) is 5.95 Å². The molecule has 0 spiro atoms. The Morgan fingerprint density at radius 3 is 2.64 bits per heavy atom. The van der Waals surface area contributed by atoms with Crippen LogP contribution in [0.15, 0.2) is 24.5 Å². The Kier molecular flexibility index (Phi) is 4.11. The van der Waals surface area contributed by atoms with E-state index < -0.39 is 11.7 Å². The molecule has 0 saturated heterocycles. The summed E-state index contributed by atoms with van der Waals surface area (Å²) in [7, 11) is 4.63. The van der Waals surface area contributed by atoms with Crippen LogP contribution in [0.2, 0.25) is 0 Å². The fourth-order valence-electron chi connectivity index (χ4n) is 2.45. The number of halogens is 3. The Morgan fingerprint density at radius 1 is 1.24 bits per heavy atom. The van der Waals surface area contributed by atoms with Gasteiger partial charge in [0, 0.05) is 31.9 Å². The Balaban J connectivity index is 2.01. The maximum absolute atomic E-state index is 12.9. The fraction of sp³-hybridized carbons (Fsp3) is 0.267. The number of methoxy groups -OCH3 is 1. The summed E-state index contributed by atoms with van der Waals surface area (Å²) in [5.74, 6) is 0.140. The van der Waals surface area contributed by atoms with Gasteiger partial charge < -0.3 is 15.4 Å². The van der Waals surface area contributed by atoms with E-state index in [9.17, 15) is 13.2 Å². The molecule has 2 N–H and O–H groups in total. The van der Waals surface area contributed by atoms with Gasteiger partial charge in [-0.1, -0.05) is 0 Å². The molecular formula is C15H15F3N6O. The molecule has 0 fully saturated rings. The molecule has 0 aliphatic carbocycles. The number of fused-ring (bicyclic) bond motifs is 1. The minimum atomic E-state index is -4.54. The highest BCUT2D eigenvalue weighted by molar-refractivity contribution is 5.90. The average Bonchev–Trinajstić information content (AvgIpc) is 2.93. The van der Waals surface area contributed by atoms with Crippen LogP contribution >= 0.6 is 0 Å². The van der Waals surface area contributed by atoms with Gasteiger partial charge in [-0.3, -0.25) is 4.68 Å². The van der Waals surface area contributed by atoms with Crippen molar-refractivity contribution in [3.8, 4) is 5.75 Å². The van der Waals surface area contributed by atoms with Crippen molar-refractivity contribution in [2.75, 3.05) is 24.8 Å². The summed E-state index contributed by atoms with van der Waals surface area (Å²) in [5.41, 5.74) is 0.180. The fourth-order valence-corrected chi connectivity index (χ4v) is 2.45. The van der Waals surface area contributed by atoms with E-state index in [1.165, 1.54) is 14.2 Å². The molecule has 2 aromatic heterocycles.